The molecule has 2 aromatic rings. The van der Waals surface area contributed by atoms with E-state index in [4.69, 9.17) is 0 Å². The predicted octanol–water partition coefficient (Wildman–Crippen LogP) is 5.46. The van der Waals surface area contributed by atoms with Crippen LogP contribution in [0.3, 0.4) is 0 Å². The number of fused-ring (bicyclic) bond motifs is 1. The van der Waals surface area contributed by atoms with Gasteiger partial charge in [0.2, 0.25) is 0 Å². The van der Waals surface area contributed by atoms with Crippen LogP contribution in [0.4, 0.5) is 0 Å². The molecule has 1 aromatic heterocycles. The number of benzene rings is 1. The summed E-state index contributed by atoms with van der Waals surface area (Å²) in [6.45, 7) is 16.8. The van der Waals surface area contributed by atoms with Crippen molar-refractivity contribution in [1.29, 1.82) is 0 Å². The highest BCUT2D eigenvalue weighted by atomic mass is 14.9. The van der Waals surface area contributed by atoms with E-state index >= 15 is 0 Å². The highest BCUT2D eigenvalue weighted by Crippen LogP contribution is 2.29. The Labute approximate surface area is 113 Å². The van der Waals surface area contributed by atoms with Crippen LogP contribution in [0.2, 0.25) is 0 Å². The molecule has 0 aliphatic rings. The summed E-state index contributed by atoms with van der Waals surface area (Å²) in [5.74, 6) is 0. The van der Waals surface area contributed by atoms with Crippen LogP contribution < -0.4 is 0 Å². The lowest BCUT2D eigenvalue weighted by Gasteiger charge is -2.12. The zero-order valence-electron chi connectivity index (χ0n) is 13.6. The molecule has 18 heavy (non-hydrogen) atoms. The van der Waals surface area contributed by atoms with Crippen LogP contribution in [0.1, 0.15) is 49.9 Å². The van der Waals surface area contributed by atoms with Gasteiger partial charge in [0.05, 0.1) is 5.52 Å². The molecule has 0 fully saturated rings. The van der Waals surface area contributed by atoms with Gasteiger partial charge >= 0.3 is 0 Å². The van der Waals surface area contributed by atoms with Crippen LogP contribution in [-0.2, 0) is 7.05 Å². The van der Waals surface area contributed by atoms with Crippen molar-refractivity contribution >= 4 is 10.9 Å². The van der Waals surface area contributed by atoms with Crippen molar-refractivity contribution < 1.29 is 0 Å². The zero-order valence-corrected chi connectivity index (χ0v) is 13.6. The third-order valence-corrected chi connectivity index (χ3v) is 3.52. The lowest BCUT2D eigenvalue weighted by Crippen LogP contribution is -1.95. The molecule has 0 aliphatic carbocycles. The van der Waals surface area contributed by atoms with E-state index in [0.29, 0.717) is 0 Å². The first-order valence-electron chi connectivity index (χ1n) is 7.05. The molecule has 0 radical (unpaired) electrons. The Morgan fingerprint density at radius 3 is 1.67 bits per heavy atom. The molecular formula is C17H29N. The molecule has 2 rings (SSSR count). The van der Waals surface area contributed by atoms with Crippen molar-refractivity contribution in [2.24, 2.45) is 7.05 Å². The highest BCUT2D eigenvalue weighted by Gasteiger charge is 2.10. The standard InChI is InChI=1S/C13H17N.2C2H6/c1-8-9(2)11(4)13-12(10(8)3)6-7-14(13)5;2*1-2/h6-7H,1-5H3;2*1-2H3. The lowest BCUT2D eigenvalue weighted by molar-refractivity contribution is 0.961. The van der Waals surface area contributed by atoms with Gasteiger partial charge in [-0.3, -0.25) is 0 Å². The molecule has 1 aromatic carbocycles. The van der Waals surface area contributed by atoms with Crippen LogP contribution in [0.5, 0.6) is 0 Å². The Morgan fingerprint density at radius 2 is 1.17 bits per heavy atom. The summed E-state index contributed by atoms with van der Waals surface area (Å²) in [6.07, 6.45) is 2.14. The number of aryl methyl sites for hydroxylation is 3. The fraction of sp³-hybridized carbons (Fsp3) is 0.529. The van der Waals surface area contributed by atoms with Gasteiger partial charge in [-0.05, 0) is 56.0 Å². The minimum absolute atomic E-state index is 1.38. The SMILES string of the molecule is CC.CC.Cc1c(C)c(C)c2c(ccn2C)c1C. The summed E-state index contributed by atoms with van der Waals surface area (Å²) in [6, 6.07) is 2.21. The van der Waals surface area contributed by atoms with E-state index in [0.717, 1.165) is 0 Å². The molecule has 1 heteroatoms. The summed E-state index contributed by atoms with van der Waals surface area (Å²) in [4.78, 5) is 0. The van der Waals surface area contributed by atoms with Gasteiger partial charge in [-0.25, -0.2) is 0 Å². The molecule has 0 saturated heterocycles. The van der Waals surface area contributed by atoms with Gasteiger partial charge < -0.3 is 4.57 Å². The summed E-state index contributed by atoms with van der Waals surface area (Å²) in [5.41, 5.74) is 7.07. The van der Waals surface area contributed by atoms with Crippen LogP contribution in [0.15, 0.2) is 12.3 Å². The zero-order chi connectivity index (χ0) is 14.5. The van der Waals surface area contributed by atoms with Gasteiger partial charge in [0.1, 0.15) is 0 Å². The Balaban J connectivity index is 0.000000659. The molecule has 0 atom stereocenters. The molecular weight excluding hydrogens is 218 g/mol. The molecule has 0 bridgehead atoms. The van der Waals surface area contributed by atoms with Gasteiger partial charge in [-0.1, -0.05) is 27.7 Å². The Kier molecular flexibility index (Phi) is 6.75. The van der Waals surface area contributed by atoms with Crippen molar-refractivity contribution in [2.45, 2.75) is 55.4 Å². The van der Waals surface area contributed by atoms with E-state index in [2.05, 4.69) is 51.6 Å². The Hall–Kier alpha value is -1.24. The van der Waals surface area contributed by atoms with Crippen LogP contribution in [0, 0.1) is 27.7 Å². The summed E-state index contributed by atoms with van der Waals surface area (Å²) in [7, 11) is 2.11. The van der Waals surface area contributed by atoms with E-state index < -0.39 is 0 Å². The van der Waals surface area contributed by atoms with E-state index in [1.807, 2.05) is 27.7 Å². The molecule has 1 nitrogen and oxygen atoms in total. The number of rotatable bonds is 0. The average Bonchev–Trinajstić information content (AvgIpc) is 2.81. The lowest BCUT2D eigenvalue weighted by atomic mass is 9.96. The first-order chi connectivity index (χ1) is 8.54. The number of nitrogens with zero attached hydrogens (tertiary/aromatic N) is 1. The van der Waals surface area contributed by atoms with Gasteiger partial charge in [-0.2, -0.15) is 0 Å². The van der Waals surface area contributed by atoms with Crippen molar-refractivity contribution in [3.05, 3.63) is 34.5 Å². The molecule has 0 saturated carbocycles. The third kappa shape index (κ3) is 2.77. The van der Waals surface area contributed by atoms with Crippen LogP contribution in [-0.4, -0.2) is 4.57 Å². The van der Waals surface area contributed by atoms with E-state index in [-0.39, 0.29) is 0 Å². The smallest absolute Gasteiger partial charge is 0.0512 e. The Morgan fingerprint density at radius 1 is 0.722 bits per heavy atom. The molecule has 1 heterocycles. The fourth-order valence-electron chi connectivity index (χ4n) is 2.24. The van der Waals surface area contributed by atoms with Crippen molar-refractivity contribution in [3.63, 3.8) is 0 Å². The van der Waals surface area contributed by atoms with Crippen molar-refractivity contribution in [2.75, 3.05) is 0 Å². The monoisotopic (exact) mass is 247 g/mol. The second-order valence-corrected chi connectivity index (χ2v) is 4.19. The largest absolute Gasteiger partial charge is 0.350 e. The van der Waals surface area contributed by atoms with Gasteiger partial charge in [0.25, 0.3) is 0 Å². The number of aromatic nitrogens is 1. The molecule has 0 spiro atoms. The Bertz CT molecular complexity index is 504. The maximum Gasteiger partial charge on any atom is 0.0512 e. The minimum Gasteiger partial charge on any atom is -0.350 e. The molecule has 0 unspecified atom stereocenters. The van der Waals surface area contributed by atoms with E-state index in [1.54, 1.807) is 0 Å². The van der Waals surface area contributed by atoms with E-state index in [1.165, 1.54) is 33.2 Å². The molecule has 0 aliphatic heterocycles. The normalized spacial score (nSPS) is 9.39. The summed E-state index contributed by atoms with van der Waals surface area (Å²) >= 11 is 0. The third-order valence-electron chi connectivity index (χ3n) is 3.52. The maximum absolute atomic E-state index is 2.21. The van der Waals surface area contributed by atoms with Gasteiger partial charge in [-0.15, -0.1) is 0 Å². The first kappa shape index (κ1) is 16.8. The number of hydrogen-bond donors (Lipinski definition) is 0. The highest BCUT2D eigenvalue weighted by molar-refractivity contribution is 5.88. The predicted molar refractivity (Wildman–Crippen MR) is 84.6 cm³/mol. The van der Waals surface area contributed by atoms with Gasteiger partial charge in [0.15, 0.2) is 0 Å². The quantitative estimate of drug-likeness (QED) is 0.582. The summed E-state index contributed by atoms with van der Waals surface area (Å²) < 4.78 is 2.21. The van der Waals surface area contributed by atoms with Gasteiger partial charge in [0, 0.05) is 18.6 Å². The second kappa shape index (κ2) is 7.25. The summed E-state index contributed by atoms with van der Waals surface area (Å²) in [5, 5.41) is 1.40. The topological polar surface area (TPSA) is 4.93 Å². The maximum atomic E-state index is 2.21. The molecule has 102 valence electrons. The molecule has 0 amide bonds. The van der Waals surface area contributed by atoms with Crippen molar-refractivity contribution in [3.8, 4) is 0 Å². The first-order valence-corrected chi connectivity index (χ1v) is 7.05. The van der Waals surface area contributed by atoms with E-state index in [9.17, 15) is 0 Å². The second-order valence-electron chi connectivity index (χ2n) is 4.19. The fourth-order valence-corrected chi connectivity index (χ4v) is 2.24. The number of hydrogen-bond acceptors (Lipinski definition) is 0. The van der Waals surface area contributed by atoms with Crippen LogP contribution >= 0.6 is 0 Å². The average molecular weight is 247 g/mol. The minimum atomic E-state index is 1.38. The molecule has 0 N–H and O–H groups in total. The van der Waals surface area contributed by atoms with Crippen molar-refractivity contribution in [1.82, 2.24) is 4.57 Å². The van der Waals surface area contributed by atoms with Crippen LogP contribution in [0.25, 0.3) is 10.9 Å².